The third-order valence-electron chi connectivity index (χ3n) is 2.68. The van der Waals surface area contributed by atoms with E-state index in [9.17, 15) is 0 Å². The fourth-order valence-electron chi connectivity index (χ4n) is 2.07. The molecule has 0 radical (unpaired) electrons. The topological polar surface area (TPSA) is 17.8 Å². The van der Waals surface area contributed by atoms with Crippen molar-refractivity contribution < 1.29 is 0 Å². The molecule has 1 aliphatic rings. The lowest BCUT2D eigenvalue weighted by atomic mass is 10.1. The van der Waals surface area contributed by atoms with Crippen LogP contribution in [-0.4, -0.2) is 9.55 Å². The minimum absolute atomic E-state index is 0.742. The lowest BCUT2D eigenvalue weighted by Gasteiger charge is -2.09. The fraction of sp³-hybridized carbons (Fsp3) is 0.667. The molecule has 0 bridgehead atoms. The van der Waals surface area contributed by atoms with Gasteiger partial charge in [0.25, 0.3) is 0 Å². The SMILES string of the molecule is Cn1cnc(Br)c1C1CCCC1. The Bertz CT molecular complexity index is 255. The Balaban J connectivity index is 2.30. The zero-order valence-corrected chi connectivity index (χ0v) is 8.84. The van der Waals surface area contributed by atoms with Gasteiger partial charge in [-0.1, -0.05) is 12.8 Å². The highest BCUT2D eigenvalue weighted by Crippen LogP contribution is 2.36. The lowest BCUT2D eigenvalue weighted by molar-refractivity contribution is 0.653. The molecule has 66 valence electrons. The molecule has 1 heterocycles. The highest BCUT2D eigenvalue weighted by atomic mass is 79.9. The molecule has 0 aliphatic heterocycles. The predicted molar refractivity (Wildman–Crippen MR) is 52.1 cm³/mol. The summed E-state index contributed by atoms with van der Waals surface area (Å²) in [4.78, 5) is 4.24. The van der Waals surface area contributed by atoms with E-state index in [0.29, 0.717) is 0 Å². The van der Waals surface area contributed by atoms with Gasteiger partial charge in [-0.15, -0.1) is 0 Å². The standard InChI is InChI=1S/C9H13BrN2/c1-12-6-11-9(10)8(12)7-4-2-3-5-7/h6-7H,2-5H2,1H3. The van der Waals surface area contributed by atoms with E-state index in [-0.39, 0.29) is 0 Å². The number of aromatic nitrogens is 2. The third kappa shape index (κ3) is 1.30. The summed E-state index contributed by atoms with van der Waals surface area (Å²) in [6, 6.07) is 0. The molecule has 2 rings (SSSR count). The van der Waals surface area contributed by atoms with Gasteiger partial charge >= 0.3 is 0 Å². The number of hydrogen-bond acceptors (Lipinski definition) is 1. The van der Waals surface area contributed by atoms with Crippen LogP contribution in [-0.2, 0) is 7.05 Å². The van der Waals surface area contributed by atoms with E-state index in [1.165, 1.54) is 31.4 Å². The molecule has 3 heteroatoms. The molecule has 0 N–H and O–H groups in total. The number of aryl methyl sites for hydroxylation is 1. The Morgan fingerprint density at radius 1 is 1.50 bits per heavy atom. The van der Waals surface area contributed by atoms with E-state index in [0.717, 1.165) is 10.5 Å². The quantitative estimate of drug-likeness (QED) is 0.723. The van der Waals surface area contributed by atoms with Crippen molar-refractivity contribution in [1.82, 2.24) is 9.55 Å². The Labute approximate surface area is 81.1 Å². The second-order valence-electron chi connectivity index (χ2n) is 3.51. The van der Waals surface area contributed by atoms with Crippen molar-refractivity contribution in [3.05, 3.63) is 16.6 Å². The Hall–Kier alpha value is -0.310. The van der Waals surface area contributed by atoms with Crippen molar-refractivity contribution >= 4 is 15.9 Å². The summed E-state index contributed by atoms with van der Waals surface area (Å²) in [7, 11) is 2.07. The van der Waals surface area contributed by atoms with E-state index in [1.807, 2.05) is 6.33 Å². The van der Waals surface area contributed by atoms with E-state index in [1.54, 1.807) is 0 Å². The maximum Gasteiger partial charge on any atom is 0.127 e. The Morgan fingerprint density at radius 3 is 2.67 bits per heavy atom. The number of rotatable bonds is 1. The van der Waals surface area contributed by atoms with Crippen molar-refractivity contribution in [2.75, 3.05) is 0 Å². The average Bonchev–Trinajstić information content (AvgIpc) is 2.61. The van der Waals surface area contributed by atoms with Crippen molar-refractivity contribution in [3.8, 4) is 0 Å². The van der Waals surface area contributed by atoms with Gasteiger partial charge in [0.05, 0.1) is 12.0 Å². The largest absolute Gasteiger partial charge is 0.336 e. The van der Waals surface area contributed by atoms with Crippen LogP contribution in [0.4, 0.5) is 0 Å². The molecular weight excluding hydrogens is 216 g/mol. The lowest BCUT2D eigenvalue weighted by Crippen LogP contribution is -2.00. The fourth-order valence-corrected chi connectivity index (χ4v) is 2.76. The van der Waals surface area contributed by atoms with Gasteiger partial charge in [-0.25, -0.2) is 4.98 Å². The second-order valence-corrected chi connectivity index (χ2v) is 4.26. The minimum Gasteiger partial charge on any atom is -0.336 e. The molecule has 1 fully saturated rings. The molecule has 1 aliphatic carbocycles. The van der Waals surface area contributed by atoms with Gasteiger partial charge in [-0.05, 0) is 28.8 Å². The first kappa shape index (κ1) is 8.30. The molecule has 1 aromatic heterocycles. The Morgan fingerprint density at radius 2 is 2.17 bits per heavy atom. The van der Waals surface area contributed by atoms with E-state index >= 15 is 0 Å². The van der Waals surface area contributed by atoms with Gasteiger partial charge in [0.2, 0.25) is 0 Å². The van der Waals surface area contributed by atoms with Gasteiger partial charge in [0.15, 0.2) is 0 Å². The van der Waals surface area contributed by atoms with Crippen molar-refractivity contribution in [2.24, 2.45) is 7.05 Å². The number of halogens is 1. The normalized spacial score (nSPS) is 18.8. The van der Waals surface area contributed by atoms with Crippen LogP contribution in [0, 0.1) is 0 Å². The predicted octanol–water partition coefficient (Wildman–Crippen LogP) is 2.84. The van der Waals surface area contributed by atoms with Crippen LogP contribution in [0.15, 0.2) is 10.9 Å². The van der Waals surface area contributed by atoms with Crippen LogP contribution in [0.1, 0.15) is 37.3 Å². The van der Waals surface area contributed by atoms with Crippen LogP contribution in [0.3, 0.4) is 0 Å². The van der Waals surface area contributed by atoms with E-state index in [4.69, 9.17) is 0 Å². The molecular formula is C9H13BrN2. The van der Waals surface area contributed by atoms with Crippen LogP contribution in [0.25, 0.3) is 0 Å². The highest BCUT2D eigenvalue weighted by Gasteiger charge is 2.22. The molecule has 0 saturated heterocycles. The zero-order chi connectivity index (χ0) is 8.55. The molecule has 0 spiro atoms. The summed E-state index contributed by atoms with van der Waals surface area (Å²) >= 11 is 3.50. The summed E-state index contributed by atoms with van der Waals surface area (Å²) in [6.45, 7) is 0. The van der Waals surface area contributed by atoms with Crippen LogP contribution < -0.4 is 0 Å². The Kier molecular flexibility index (Phi) is 2.22. The maximum absolute atomic E-state index is 4.24. The maximum atomic E-state index is 4.24. The van der Waals surface area contributed by atoms with Crippen LogP contribution >= 0.6 is 15.9 Å². The van der Waals surface area contributed by atoms with E-state index in [2.05, 4.69) is 32.5 Å². The smallest absolute Gasteiger partial charge is 0.127 e. The molecule has 1 aromatic rings. The zero-order valence-electron chi connectivity index (χ0n) is 7.26. The minimum atomic E-state index is 0.742. The molecule has 0 aromatic carbocycles. The molecule has 2 nitrogen and oxygen atoms in total. The summed E-state index contributed by atoms with van der Waals surface area (Å²) < 4.78 is 3.18. The van der Waals surface area contributed by atoms with Gasteiger partial charge in [0.1, 0.15) is 4.60 Å². The van der Waals surface area contributed by atoms with E-state index < -0.39 is 0 Å². The average molecular weight is 229 g/mol. The summed E-state index contributed by atoms with van der Waals surface area (Å²) in [5.74, 6) is 0.742. The van der Waals surface area contributed by atoms with Gasteiger partial charge in [-0.3, -0.25) is 0 Å². The van der Waals surface area contributed by atoms with Crippen molar-refractivity contribution in [1.29, 1.82) is 0 Å². The summed E-state index contributed by atoms with van der Waals surface area (Å²) in [5, 5.41) is 0. The molecule has 0 unspecified atom stereocenters. The molecule has 0 amide bonds. The van der Waals surface area contributed by atoms with Crippen molar-refractivity contribution in [2.45, 2.75) is 31.6 Å². The van der Waals surface area contributed by atoms with Gasteiger partial charge < -0.3 is 4.57 Å². The highest BCUT2D eigenvalue weighted by molar-refractivity contribution is 9.10. The first-order chi connectivity index (χ1) is 5.79. The first-order valence-electron chi connectivity index (χ1n) is 4.45. The summed E-state index contributed by atoms with van der Waals surface area (Å²) in [5.41, 5.74) is 1.38. The van der Waals surface area contributed by atoms with Crippen LogP contribution in [0.2, 0.25) is 0 Å². The number of hydrogen-bond donors (Lipinski definition) is 0. The molecule has 1 saturated carbocycles. The first-order valence-corrected chi connectivity index (χ1v) is 5.25. The second kappa shape index (κ2) is 3.21. The number of nitrogens with zero attached hydrogens (tertiary/aromatic N) is 2. The van der Waals surface area contributed by atoms with Gasteiger partial charge in [0, 0.05) is 13.0 Å². The van der Waals surface area contributed by atoms with Crippen molar-refractivity contribution in [3.63, 3.8) is 0 Å². The summed E-state index contributed by atoms with van der Waals surface area (Å²) in [6.07, 6.45) is 7.30. The monoisotopic (exact) mass is 228 g/mol. The van der Waals surface area contributed by atoms with Crippen LogP contribution in [0.5, 0.6) is 0 Å². The molecule has 0 atom stereocenters. The van der Waals surface area contributed by atoms with Gasteiger partial charge in [-0.2, -0.15) is 0 Å². The number of imidazole rings is 1. The third-order valence-corrected chi connectivity index (χ3v) is 3.29. The molecule has 12 heavy (non-hydrogen) atoms.